The fourth-order valence-corrected chi connectivity index (χ4v) is 2.75. The number of nitrogens with one attached hydrogen (secondary N) is 2. The van der Waals surface area contributed by atoms with E-state index in [1.165, 1.54) is 31.3 Å². The van der Waals surface area contributed by atoms with E-state index in [0.717, 1.165) is 12.8 Å². The summed E-state index contributed by atoms with van der Waals surface area (Å²) in [5.41, 5.74) is 5.70. The minimum absolute atomic E-state index is 0. The Hall–Kier alpha value is -0.940. The Morgan fingerprint density at radius 2 is 2.09 bits per heavy atom. The van der Waals surface area contributed by atoms with Gasteiger partial charge in [-0.3, -0.25) is 9.98 Å². The number of unbranched alkanes of at least 4 members (excludes halogenated alkanes) is 3. The molecule has 0 aliphatic rings. The van der Waals surface area contributed by atoms with Gasteiger partial charge in [0.25, 0.3) is 0 Å². The summed E-state index contributed by atoms with van der Waals surface area (Å²) < 4.78 is 26.3. The van der Waals surface area contributed by atoms with E-state index in [9.17, 15) is 8.42 Å². The summed E-state index contributed by atoms with van der Waals surface area (Å²) in [5, 5.41) is 2.88. The Morgan fingerprint density at radius 3 is 2.74 bits per heavy atom. The second kappa shape index (κ2) is 12.5. The third-order valence-corrected chi connectivity index (χ3v) is 4.41. The fraction of sp³-hybridized carbons (Fsp3) is 0.571. The van der Waals surface area contributed by atoms with E-state index in [1.807, 2.05) is 0 Å². The molecule has 9 heteroatoms. The maximum atomic E-state index is 11.9. The highest BCUT2D eigenvalue weighted by Gasteiger charge is 2.12. The normalized spacial score (nSPS) is 11.8. The molecule has 1 rings (SSSR count). The third-order valence-electron chi connectivity index (χ3n) is 2.96. The molecule has 0 aromatic carbocycles. The first-order chi connectivity index (χ1) is 10.6. The summed E-state index contributed by atoms with van der Waals surface area (Å²) in [6.45, 7) is 3.46. The van der Waals surface area contributed by atoms with Crippen LogP contribution in [0.2, 0.25) is 0 Å². The first-order valence-electron chi connectivity index (χ1n) is 7.49. The van der Waals surface area contributed by atoms with Crippen molar-refractivity contribution in [3.05, 3.63) is 24.5 Å². The maximum Gasteiger partial charge on any atom is 0.242 e. The lowest BCUT2D eigenvalue weighted by Gasteiger charge is -2.08. The third kappa shape index (κ3) is 9.72. The molecule has 1 heterocycles. The Balaban J connectivity index is 0.00000484. The van der Waals surface area contributed by atoms with Crippen molar-refractivity contribution in [1.82, 2.24) is 15.0 Å². The molecule has 0 fully saturated rings. The monoisotopic (exact) mass is 455 g/mol. The number of hydrogen-bond acceptors (Lipinski definition) is 4. The van der Waals surface area contributed by atoms with E-state index in [1.54, 1.807) is 6.07 Å². The second-order valence-corrected chi connectivity index (χ2v) is 6.61. The molecule has 132 valence electrons. The lowest BCUT2D eigenvalue weighted by Crippen LogP contribution is -2.38. The van der Waals surface area contributed by atoms with Crippen LogP contribution in [0, 0.1) is 0 Å². The number of hydrogen-bond donors (Lipinski definition) is 3. The summed E-state index contributed by atoms with van der Waals surface area (Å²) in [4.78, 5) is 8.12. The van der Waals surface area contributed by atoms with E-state index in [-0.39, 0.29) is 35.4 Å². The van der Waals surface area contributed by atoms with Crippen LogP contribution in [-0.4, -0.2) is 39.0 Å². The average molecular weight is 455 g/mol. The molecule has 7 nitrogen and oxygen atoms in total. The van der Waals surface area contributed by atoms with E-state index < -0.39 is 10.0 Å². The summed E-state index contributed by atoms with van der Waals surface area (Å²) >= 11 is 0. The summed E-state index contributed by atoms with van der Waals surface area (Å²) in [5.74, 6) is 0.345. The molecule has 0 saturated carbocycles. The van der Waals surface area contributed by atoms with E-state index in [2.05, 4.69) is 26.9 Å². The van der Waals surface area contributed by atoms with Gasteiger partial charge < -0.3 is 11.1 Å². The fourth-order valence-electron chi connectivity index (χ4n) is 1.76. The number of nitrogens with zero attached hydrogens (tertiary/aromatic N) is 2. The van der Waals surface area contributed by atoms with Crippen LogP contribution in [0.25, 0.3) is 0 Å². The number of sulfonamides is 1. The summed E-state index contributed by atoms with van der Waals surface area (Å²) in [6, 6.07) is 3.07. The Kier molecular flexibility index (Phi) is 12.0. The second-order valence-electron chi connectivity index (χ2n) is 4.84. The molecule has 0 aliphatic carbocycles. The molecule has 23 heavy (non-hydrogen) atoms. The number of guanidine groups is 1. The smallest absolute Gasteiger partial charge is 0.242 e. The standard InChI is InChI=1S/C14H25N5O2S.HI/c1-2-3-4-5-9-17-14(15)18-10-11-19-22(20,21)13-7-6-8-16-12-13;/h6-8,12,19H,2-5,9-11H2,1H3,(H3,15,17,18);1H. The van der Waals surface area contributed by atoms with Gasteiger partial charge in [0.15, 0.2) is 5.96 Å². The van der Waals surface area contributed by atoms with Crippen molar-refractivity contribution in [2.24, 2.45) is 10.7 Å². The van der Waals surface area contributed by atoms with Gasteiger partial charge in [-0.1, -0.05) is 26.2 Å². The first-order valence-corrected chi connectivity index (χ1v) is 8.98. The van der Waals surface area contributed by atoms with Gasteiger partial charge in [0.2, 0.25) is 10.0 Å². The molecule has 4 N–H and O–H groups in total. The zero-order chi connectivity index (χ0) is 16.3. The van der Waals surface area contributed by atoms with Gasteiger partial charge in [0, 0.05) is 32.0 Å². The molecule has 0 amide bonds. The highest BCUT2D eigenvalue weighted by atomic mass is 127. The molecule has 0 radical (unpaired) electrons. The molecular weight excluding hydrogens is 429 g/mol. The van der Waals surface area contributed by atoms with Gasteiger partial charge in [0.05, 0.1) is 0 Å². The number of nitrogens with two attached hydrogens (primary N) is 1. The van der Waals surface area contributed by atoms with Crippen molar-refractivity contribution in [1.29, 1.82) is 0 Å². The predicted octanol–water partition coefficient (Wildman–Crippen LogP) is 1.46. The van der Waals surface area contributed by atoms with Crippen molar-refractivity contribution < 1.29 is 8.42 Å². The zero-order valence-corrected chi connectivity index (χ0v) is 16.5. The molecule has 0 spiro atoms. The minimum atomic E-state index is -3.52. The topological polar surface area (TPSA) is 109 Å². The maximum absolute atomic E-state index is 11.9. The van der Waals surface area contributed by atoms with Crippen LogP contribution in [0.15, 0.2) is 34.4 Å². The van der Waals surface area contributed by atoms with E-state index >= 15 is 0 Å². The van der Waals surface area contributed by atoms with Crippen LogP contribution in [-0.2, 0) is 10.0 Å². The number of aromatic nitrogens is 1. The predicted molar refractivity (Wildman–Crippen MR) is 103 cm³/mol. The van der Waals surface area contributed by atoms with E-state index in [4.69, 9.17) is 5.73 Å². The Bertz CT molecular complexity index is 552. The lowest BCUT2D eigenvalue weighted by atomic mass is 10.2. The van der Waals surface area contributed by atoms with Crippen LogP contribution in [0.5, 0.6) is 0 Å². The van der Waals surface area contributed by atoms with Crippen LogP contribution in [0.1, 0.15) is 32.6 Å². The van der Waals surface area contributed by atoms with Crippen molar-refractivity contribution in [3.8, 4) is 0 Å². The van der Waals surface area contributed by atoms with Crippen LogP contribution in [0.4, 0.5) is 0 Å². The lowest BCUT2D eigenvalue weighted by molar-refractivity contribution is 0.580. The SMILES string of the molecule is CCCCCCN=C(N)NCCNS(=O)(=O)c1cccnc1.I. The van der Waals surface area contributed by atoms with Gasteiger partial charge >= 0.3 is 0 Å². The van der Waals surface area contributed by atoms with Gasteiger partial charge in [0.1, 0.15) is 4.90 Å². The highest BCUT2D eigenvalue weighted by molar-refractivity contribution is 14.0. The Labute approximate surface area is 155 Å². The van der Waals surface area contributed by atoms with E-state index in [0.29, 0.717) is 19.0 Å². The van der Waals surface area contributed by atoms with Crippen LogP contribution >= 0.6 is 24.0 Å². The molecule has 0 saturated heterocycles. The van der Waals surface area contributed by atoms with Gasteiger partial charge in [-0.05, 0) is 18.6 Å². The number of pyridine rings is 1. The first kappa shape index (κ1) is 22.1. The minimum Gasteiger partial charge on any atom is -0.370 e. The average Bonchev–Trinajstić information content (AvgIpc) is 2.52. The molecule has 1 aromatic heterocycles. The zero-order valence-electron chi connectivity index (χ0n) is 13.4. The number of halogens is 1. The summed E-state index contributed by atoms with van der Waals surface area (Å²) in [7, 11) is -3.52. The van der Waals surface area contributed by atoms with Crippen molar-refractivity contribution in [2.45, 2.75) is 37.5 Å². The van der Waals surface area contributed by atoms with Crippen molar-refractivity contribution in [2.75, 3.05) is 19.6 Å². The molecule has 0 atom stereocenters. The van der Waals surface area contributed by atoms with Gasteiger partial charge in [-0.25, -0.2) is 13.1 Å². The van der Waals surface area contributed by atoms with Crippen molar-refractivity contribution >= 4 is 40.0 Å². The van der Waals surface area contributed by atoms with Gasteiger partial charge in [-0.2, -0.15) is 0 Å². The van der Waals surface area contributed by atoms with Crippen LogP contribution in [0.3, 0.4) is 0 Å². The highest BCUT2D eigenvalue weighted by Crippen LogP contribution is 2.04. The number of aliphatic imine (C=N–C) groups is 1. The molecule has 1 aromatic rings. The molecule has 0 aliphatic heterocycles. The molecule has 0 unspecified atom stereocenters. The number of rotatable bonds is 10. The van der Waals surface area contributed by atoms with Gasteiger partial charge in [-0.15, -0.1) is 24.0 Å². The molecular formula is C14H26IN5O2S. The quantitative estimate of drug-likeness (QED) is 0.214. The summed E-state index contributed by atoms with van der Waals surface area (Å²) in [6.07, 6.45) is 7.40. The molecule has 0 bridgehead atoms. The van der Waals surface area contributed by atoms with Crippen molar-refractivity contribution in [3.63, 3.8) is 0 Å². The van der Waals surface area contributed by atoms with Crippen LogP contribution < -0.4 is 15.8 Å². The largest absolute Gasteiger partial charge is 0.370 e. The Morgan fingerprint density at radius 1 is 1.30 bits per heavy atom.